The van der Waals surface area contributed by atoms with Gasteiger partial charge >= 0.3 is 17.8 Å². The van der Waals surface area contributed by atoms with Crippen molar-refractivity contribution >= 4 is 33.8 Å². The van der Waals surface area contributed by atoms with Gasteiger partial charge in [-0.05, 0) is 0 Å². The van der Waals surface area contributed by atoms with Crippen LogP contribution in [0.1, 0.15) is 10.0 Å². The van der Waals surface area contributed by atoms with E-state index in [1.54, 1.807) is 0 Å². The van der Waals surface area contributed by atoms with Crippen LogP contribution in [0, 0.1) is 0 Å². The van der Waals surface area contributed by atoms with Gasteiger partial charge < -0.3 is 0 Å². The second kappa shape index (κ2) is 4.29. The van der Waals surface area contributed by atoms with Crippen molar-refractivity contribution in [2.75, 3.05) is 0 Å². The Morgan fingerprint density at radius 2 is 1.10 bits per heavy atom. The summed E-state index contributed by atoms with van der Waals surface area (Å²) in [5.41, 5.74) is -2.91. The molecule has 0 aromatic carbocycles. The first kappa shape index (κ1) is 14.5. The fourth-order valence-corrected chi connectivity index (χ4v) is 3.44. The van der Waals surface area contributed by atoms with Crippen molar-refractivity contribution in [2.24, 2.45) is 0 Å². The Balaban J connectivity index is 2.38. The van der Waals surface area contributed by atoms with Gasteiger partial charge in [-0.1, -0.05) is 0 Å². The number of nitrogens with zero attached hydrogens (tertiary/aromatic N) is 2. The van der Waals surface area contributed by atoms with Gasteiger partial charge in [-0.15, -0.1) is 22.7 Å². The molecule has 21 heavy (non-hydrogen) atoms. The zero-order chi connectivity index (χ0) is 15.5. The van der Waals surface area contributed by atoms with Crippen molar-refractivity contribution in [1.82, 2.24) is 9.97 Å². The van der Waals surface area contributed by atoms with E-state index >= 15 is 0 Å². The first-order chi connectivity index (χ1) is 9.71. The average molecular weight is 342 g/mol. The molecule has 2 aromatic heterocycles. The Hall–Kier alpha value is -1.42. The predicted molar refractivity (Wildman–Crippen MR) is 65.9 cm³/mol. The minimum Gasteiger partial charge on any atom is -0.245 e. The third-order valence-electron chi connectivity index (χ3n) is 2.96. The summed E-state index contributed by atoms with van der Waals surface area (Å²) in [5.74, 6) is -15.6. The summed E-state index contributed by atoms with van der Waals surface area (Å²) in [6.07, 6.45) is 2.16. The molecule has 3 rings (SSSR count). The van der Waals surface area contributed by atoms with Gasteiger partial charge in [-0.25, -0.2) is 9.97 Å². The van der Waals surface area contributed by atoms with Gasteiger partial charge in [0.1, 0.15) is 10.0 Å². The molecule has 0 bridgehead atoms. The molecule has 1 aliphatic carbocycles. The summed E-state index contributed by atoms with van der Waals surface area (Å²) in [6.45, 7) is 0. The van der Waals surface area contributed by atoms with Crippen molar-refractivity contribution in [3.05, 3.63) is 33.2 Å². The van der Waals surface area contributed by atoms with E-state index in [9.17, 15) is 26.3 Å². The highest BCUT2D eigenvalue weighted by Crippen LogP contribution is 2.64. The SMILES string of the molecule is FC1(F)C(c2nccs2)=C(c2nccs2)C(F)(F)C1(F)F. The molecule has 0 N–H and O–H groups in total. The van der Waals surface area contributed by atoms with E-state index in [0.717, 1.165) is 12.4 Å². The highest BCUT2D eigenvalue weighted by atomic mass is 32.1. The minimum atomic E-state index is -5.54. The first-order valence-electron chi connectivity index (χ1n) is 5.39. The first-order valence-corrected chi connectivity index (χ1v) is 7.15. The third kappa shape index (κ3) is 1.71. The molecule has 0 saturated carbocycles. The second-order valence-corrected chi connectivity index (χ2v) is 5.94. The molecule has 0 unspecified atom stereocenters. The molecule has 2 aromatic rings. The molecule has 0 radical (unpaired) electrons. The molecule has 10 heteroatoms. The van der Waals surface area contributed by atoms with Gasteiger partial charge in [-0.3, -0.25) is 0 Å². The Morgan fingerprint density at radius 1 is 0.714 bits per heavy atom. The van der Waals surface area contributed by atoms with Gasteiger partial charge in [0.15, 0.2) is 0 Å². The normalized spacial score (nSPS) is 22.8. The molecule has 0 fully saturated rings. The Labute approximate surface area is 121 Å². The van der Waals surface area contributed by atoms with Crippen molar-refractivity contribution < 1.29 is 26.3 Å². The van der Waals surface area contributed by atoms with Crippen LogP contribution in [-0.4, -0.2) is 27.7 Å². The van der Waals surface area contributed by atoms with Crippen LogP contribution in [-0.2, 0) is 0 Å². The van der Waals surface area contributed by atoms with Crippen molar-refractivity contribution in [3.63, 3.8) is 0 Å². The van der Waals surface area contributed by atoms with Crippen LogP contribution >= 0.6 is 22.7 Å². The number of thiazole rings is 2. The summed E-state index contributed by atoms with van der Waals surface area (Å²) in [4.78, 5) is 6.95. The Bertz CT molecular complexity index is 632. The van der Waals surface area contributed by atoms with E-state index in [1.807, 2.05) is 0 Å². The molecular formula is C11H4F6N2S2. The minimum absolute atomic E-state index is 0.568. The van der Waals surface area contributed by atoms with Gasteiger partial charge in [0.2, 0.25) is 0 Å². The van der Waals surface area contributed by atoms with E-state index in [0.29, 0.717) is 22.7 Å². The monoisotopic (exact) mass is 342 g/mol. The maximum atomic E-state index is 13.9. The van der Waals surface area contributed by atoms with Crippen LogP contribution in [0.25, 0.3) is 11.1 Å². The molecule has 2 nitrogen and oxygen atoms in total. The van der Waals surface area contributed by atoms with Crippen LogP contribution in [0.4, 0.5) is 26.3 Å². The summed E-state index contributed by atoms with van der Waals surface area (Å²) in [5, 5.41) is 1.35. The van der Waals surface area contributed by atoms with E-state index in [1.165, 1.54) is 10.8 Å². The Morgan fingerprint density at radius 3 is 1.38 bits per heavy atom. The molecule has 0 amide bonds. The molecule has 112 valence electrons. The number of aromatic nitrogens is 2. The lowest BCUT2D eigenvalue weighted by Crippen LogP contribution is -2.48. The van der Waals surface area contributed by atoms with Crippen molar-refractivity contribution in [3.8, 4) is 0 Å². The lowest BCUT2D eigenvalue weighted by molar-refractivity contribution is -0.254. The van der Waals surface area contributed by atoms with Crippen LogP contribution in [0.5, 0.6) is 0 Å². The molecule has 0 atom stereocenters. The predicted octanol–water partition coefficient (Wildman–Crippen LogP) is 4.43. The summed E-state index contributed by atoms with van der Waals surface area (Å²) < 4.78 is 83.0. The van der Waals surface area contributed by atoms with E-state index < -0.39 is 38.9 Å². The lowest BCUT2D eigenvalue weighted by Gasteiger charge is -2.25. The van der Waals surface area contributed by atoms with Gasteiger partial charge in [0.25, 0.3) is 0 Å². The summed E-state index contributed by atoms with van der Waals surface area (Å²) in [7, 11) is 0. The molecule has 0 saturated heterocycles. The van der Waals surface area contributed by atoms with Crippen molar-refractivity contribution in [1.29, 1.82) is 0 Å². The highest BCUT2D eigenvalue weighted by Gasteiger charge is 2.81. The molecule has 0 spiro atoms. The largest absolute Gasteiger partial charge is 0.380 e. The van der Waals surface area contributed by atoms with Crippen molar-refractivity contribution in [2.45, 2.75) is 17.8 Å². The third-order valence-corrected chi connectivity index (χ3v) is 4.54. The smallest absolute Gasteiger partial charge is 0.245 e. The van der Waals surface area contributed by atoms with Gasteiger partial charge in [0.05, 0.1) is 11.1 Å². The molecular weight excluding hydrogens is 338 g/mol. The van der Waals surface area contributed by atoms with Crippen LogP contribution in [0.3, 0.4) is 0 Å². The fraction of sp³-hybridized carbons (Fsp3) is 0.273. The number of halogens is 6. The van der Waals surface area contributed by atoms with E-state index in [-0.39, 0.29) is 0 Å². The molecule has 0 aliphatic heterocycles. The molecule has 2 heterocycles. The highest BCUT2D eigenvalue weighted by molar-refractivity contribution is 7.11. The van der Waals surface area contributed by atoms with Crippen LogP contribution in [0.2, 0.25) is 0 Å². The Kier molecular flexibility index (Phi) is 2.97. The van der Waals surface area contributed by atoms with Crippen LogP contribution < -0.4 is 0 Å². The van der Waals surface area contributed by atoms with Gasteiger partial charge in [0, 0.05) is 23.2 Å². The molecule has 1 aliphatic rings. The number of hydrogen-bond acceptors (Lipinski definition) is 4. The van der Waals surface area contributed by atoms with Gasteiger partial charge in [-0.2, -0.15) is 26.3 Å². The maximum absolute atomic E-state index is 13.9. The zero-order valence-electron chi connectivity index (χ0n) is 9.79. The van der Waals surface area contributed by atoms with E-state index in [2.05, 4.69) is 9.97 Å². The summed E-state index contributed by atoms with van der Waals surface area (Å²) >= 11 is 1.17. The summed E-state index contributed by atoms with van der Waals surface area (Å²) in [6, 6.07) is 0. The lowest BCUT2D eigenvalue weighted by atomic mass is 10.1. The zero-order valence-corrected chi connectivity index (χ0v) is 11.4. The standard InChI is InChI=1S/C11H4F6N2S2/c12-9(13)5(7-18-1-3-20-7)6(8-19-2-4-21-8)10(14,15)11(9,16)17/h1-4H. The quantitative estimate of drug-likeness (QED) is 0.755. The number of rotatable bonds is 2. The number of alkyl halides is 6. The van der Waals surface area contributed by atoms with Crippen LogP contribution in [0.15, 0.2) is 23.2 Å². The number of allylic oxidation sites excluding steroid dienone is 2. The fourth-order valence-electron chi connectivity index (χ4n) is 2.00. The second-order valence-electron chi connectivity index (χ2n) is 4.15. The average Bonchev–Trinajstić information content (AvgIpc) is 3.08. The van der Waals surface area contributed by atoms with E-state index in [4.69, 9.17) is 0 Å². The maximum Gasteiger partial charge on any atom is 0.380 e. The number of hydrogen-bond donors (Lipinski definition) is 0. The topological polar surface area (TPSA) is 25.8 Å².